The summed E-state index contributed by atoms with van der Waals surface area (Å²) in [5.74, 6) is -0.168. The lowest BCUT2D eigenvalue weighted by molar-refractivity contribution is -0.111. The van der Waals surface area contributed by atoms with Crippen LogP contribution in [-0.4, -0.2) is 28.5 Å². The minimum absolute atomic E-state index is 0.0441. The first kappa shape index (κ1) is 17.7. The van der Waals surface area contributed by atoms with Gasteiger partial charge in [-0.25, -0.2) is 13.1 Å². The molecule has 2 aromatic rings. The van der Waals surface area contributed by atoms with Crippen molar-refractivity contribution in [3.05, 3.63) is 60.2 Å². The lowest BCUT2D eigenvalue weighted by Crippen LogP contribution is -2.19. The average Bonchev–Trinajstić information content (AvgIpc) is 2.61. The number of nitrogens with one attached hydrogen (secondary N) is 2. The third-order valence-electron chi connectivity index (χ3n) is 3.22. The molecule has 0 aliphatic carbocycles. The fraction of sp³-hybridized carbons (Fsp3) is 0.118. The quantitative estimate of drug-likeness (QED) is 0.786. The zero-order valence-electron chi connectivity index (χ0n) is 13.3. The van der Waals surface area contributed by atoms with Gasteiger partial charge in [0.2, 0.25) is 15.9 Å². The first-order valence-electron chi connectivity index (χ1n) is 7.12. The molecule has 0 atom stereocenters. The third-order valence-corrected chi connectivity index (χ3v) is 4.65. The predicted octanol–water partition coefficient (Wildman–Crippen LogP) is 2.26. The number of rotatable bonds is 6. The van der Waals surface area contributed by atoms with Gasteiger partial charge in [-0.3, -0.25) is 4.79 Å². The Kier molecular flexibility index (Phi) is 5.73. The Morgan fingerprint density at radius 1 is 1.12 bits per heavy atom. The van der Waals surface area contributed by atoms with Crippen LogP contribution >= 0.6 is 0 Å². The number of carbonyl (C=O) groups is 1. The number of hydrogen-bond acceptors (Lipinski definition) is 4. The van der Waals surface area contributed by atoms with E-state index < -0.39 is 10.0 Å². The van der Waals surface area contributed by atoms with Crippen molar-refractivity contribution < 1.29 is 17.9 Å². The van der Waals surface area contributed by atoms with Crippen molar-refractivity contribution in [1.29, 1.82) is 0 Å². The van der Waals surface area contributed by atoms with Crippen LogP contribution in [0.4, 0.5) is 5.69 Å². The van der Waals surface area contributed by atoms with Gasteiger partial charge in [-0.1, -0.05) is 30.3 Å². The fourth-order valence-corrected chi connectivity index (χ4v) is 2.91. The summed E-state index contributed by atoms with van der Waals surface area (Å²) in [5.41, 5.74) is 1.24. The van der Waals surface area contributed by atoms with E-state index in [1.807, 2.05) is 30.3 Å². The molecule has 0 unspecified atom stereocenters. The Hall–Kier alpha value is -2.64. The molecule has 0 fully saturated rings. The molecule has 126 valence electrons. The molecule has 1 amide bonds. The van der Waals surface area contributed by atoms with Crippen molar-refractivity contribution in [2.24, 2.45) is 0 Å². The number of ether oxygens (including phenoxy) is 1. The van der Waals surface area contributed by atoms with Crippen LogP contribution in [0.15, 0.2) is 59.5 Å². The molecule has 6 nitrogen and oxygen atoms in total. The lowest BCUT2D eigenvalue weighted by atomic mass is 10.2. The van der Waals surface area contributed by atoms with Crippen LogP contribution in [0, 0.1) is 0 Å². The van der Waals surface area contributed by atoms with E-state index in [4.69, 9.17) is 4.74 Å². The lowest BCUT2D eigenvalue weighted by Gasteiger charge is -2.11. The van der Waals surface area contributed by atoms with Gasteiger partial charge in [0.05, 0.1) is 7.11 Å². The van der Waals surface area contributed by atoms with Crippen LogP contribution < -0.4 is 14.8 Å². The Morgan fingerprint density at radius 3 is 2.46 bits per heavy atom. The van der Waals surface area contributed by atoms with Gasteiger partial charge < -0.3 is 10.1 Å². The molecule has 0 aliphatic rings. The van der Waals surface area contributed by atoms with Gasteiger partial charge in [0.15, 0.2) is 0 Å². The Morgan fingerprint density at radius 2 is 1.83 bits per heavy atom. The maximum Gasteiger partial charge on any atom is 0.248 e. The molecule has 2 rings (SSSR count). The summed E-state index contributed by atoms with van der Waals surface area (Å²) in [6.07, 6.45) is 3.05. The number of benzene rings is 2. The number of amides is 1. The highest BCUT2D eigenvalue weighted by molar-refractivity contribution is 7.89. The second-order valence-electron chi connectivity index (χ2n) is 4.81. The van der Waals surface area contributed by atoms with Crippen molar-refractivity contribution in [3.8, 4) is 5.75 Å². The summed E-state index contributed by atoms with van der Waals surface area (Å²) < 4.78 is 31.3. The SMILES string of the molecule is CNS(=O)(=O)c1cc(NC(=O)/C=C\c2ccccc2)ccc1OC. The predicted molar refractivity (Wildman–Crippen MR) is 93.3 cm³/mol. The van der Waals surface area contributed by atoms with Crippen LogP contribution in [0.2, 0.25) is 0 Å². The molecule has 2 N–H and O–H groups in total. The molecule has 0 spiro atoms. The molecular weight excluding hydrogens is 328 g/mol. The molecule has 0 bridgehead atoms. The van der Waals surface area contributed by atoms with Gasteiger partial charge in [0.25, 0.3) is 0 Å². The molecule has 24 heavy (non-hydrogen) atoms. The van der Waals surface area contributed by atoms with E-state index in [-0.39, 0.29) is 16.6 Å². The zero-order chi connectivity index (χ0) is 17.6. The molecular formula is C17H18N2O4S. The first-order valence-corrected chi connectivity index (χ1v) is 8.60. The van der Waals surface area contributed by atoms with Crippen molar-refractivity contribution >= 4 is 27.7 Å². The van der Waals surface area contributed by atoms with Gasteiger partial charge >= 0.3 is 0 Å². The maximum absolute atomic E-state index is 12.0. The summed E-state index contributed by atoms with van der Waals surface area (Å²) in [5, 5.41) is 2.63. The highest BCUT2D eigenvalue weighted by atomic mass is 32.2. The zero-order valence-corrected chi connectivity index (χ0v) is 14.1. The molecule has 7 heteroatoms. The number of methoxy groups -OCH3 is 1. The van der Waals surface area contributed by atoms with Crippen molar-refractivity contribution in [3.63, 3.8) is 0 Å². The minimum Gasteiger partial charge on any atom is -0.495 e. The summed E-state index contributed by atoms with van der Waals surface area (Å²) in [4.78, 5) is 11.9. The molecule has 0 aromatic heterocycles. The third kappa shape index (κ3) is 4.43. The summed E-state index contributed by atoms with van der Waals surface area (Å²) in [6.45, 7) is 0. The highest BCUT2D eigenvalue weighted by Gasteiger charge is 2.18. The van der Waals surface area contributed by atoms with Crippen molar-refractivity contribution in [2.45, 2.75) is 4.90 Å². The van der Waals surface area contributed by atoms with E-state index in [0.717, 1.165) is 5.56 Å². The highest BCUT2D eigenvalue weighted by Crippen LogP contribution is 2.26. The summed E-state index contributed by atoms with van der Waals surface area (Å²) in [6, 6.07) is 13.8. The molecule has 0 saturated carbocycles. The minimum atomic E-state index is -3.70. The Bertz CT molecular complexity index is 846. The summed E-state index contributed by atoms with van der Waals surface area (Å²) >= 11 is 0. The van der Waals surface area contributed by atoms with Gasteiger partial charge in [-0.15, -0.1) is 0 Å². The second-order valence-corrected chi connectivity index (χ2v) is 6.66. The molecule has 0 saturated heterocycles. The van der Waals surface area contributed by atoms with Gasteiger partial charge in [-0.2, -0.15) is 0 Å². The number of carbonyl (C=O) groups excluding carboxylic acids is 1. The maximum atomic E-state index is 12.0. The number of hydrogen-bond donors (Lipinski definition) is 2. The topological polar surface area (TPSA) is 84.5 Å². The van der Waals surface area contributed by atoms with E-state index in [1.165, 1.54) is 32.4 Å². The van der Waals surface area contributed by atoms with Crippen molar-refractivity contribution in [2.75, 3.05) is 19.5 Å². The van der Waals surface area contributed by atoms with Gasteiger partial charge in [0.1, 0.15) is 10.6 Å². The average molecular weight is 346 g/mol. The van der Waals surface area contributed by atoms with E-state index in [9.17, 15) is 13.2 Å². The second kappa shape index (κ2) is 7.76. The van der Waals surface area contributed by atoms with E-state index in [1.54, 1.807) is 12.1 Å². The molecule has 0 aliphatic heterocycles. The smallest absolute Gasteiger partial charge is 0.248 e. The fourth-order valence-electron chi connectivity index (χ4n) is 1.99. The first-order chi connectivity index (χ1) is 11.5. The van der Waals surface area contributed by atoms with Crippen LogP contribution in [-0.2, 0) is 14.8 Å². The van der Waals surface area contributed by atoms with Gasteiger partial charge in [0, 0.05) is 11.8 Å². The number of anilines is 1. The van der Waals surface area contributed by atoms with Gasteiger partial charge in [-0.05, 0) is 36.9 Å². The van der Waals surface area contributed by atoms with Crippen LogP contribution in [0.5, 0.6) is 5.75 Å². The monoisotopic (exact) mass is 346 g/mol. The van der Waals surface area contributed by atoms with Crippen LogP contribution in [0.1, 0.15) is 5.56 Å². The largest absolute Gasteiger partial charge is 0.495 e. The van der Waals surface area contributed by atoms with Crippen LogP contribution in [0.3, 0.4) is 0 Å². The van der Waals surface area contributed by atoms with E-state index in [2.05, 4.69) is 10.0 Å². The summed E-state index contributed by atoms with van der Waals surface area (Å²) in [7, 11) is -1.01. The Labute approximate surface area is 141 Å². The van der Waals surface area contributed by atoms with Crippen LogP contribution in [0.25, 0.3) is 6.08 Å². The normalized spacial score (nSPS) is 11.4. The van der Waals surface area contributed by atoms with Crippen molar-refractivity contribution in [1.82, 2.24) is 4.72 Å². The molecule has 0 radical (unpaired) electrons. The number of sulfonamides is 1. The standard InChI is InChI=1S/C17H18N2O4S/c1-18-24(21,22)16-12-14(9-10-15(16)23-2)19-17(20)11-8-13-6-4-3-5-7-13/h3-12,18H,1-2H3,(H,19,20)/b11-8-. The Balaban J connectivity index is 2.19. The molecule has 0 heterocycles. The molecule has 2 aromatic carbocycles. The van der Waals surface area contributed by atoms with E-state index >= 15 is 0 Å². The van der Waals surface area contributed by atoms with E-state index in [0.29, 0.717) is 5.69 Å².